The molecule has 0 fully saturated rings. The van der Waals surface area contributed by atoms with E-state index in [-0.39, 0.29) is 13.2 Å². The Bertz CT molecular complexity index is 433. The quantitative estimate of drug-likeness (QED) is 0.819. The second-order valence-corrected chi connectivity index (χ2v) is 3.88. The van der Waals surface area contributed by atoms with Gasteiger partial charge in [-0.3, -0.25) is 0 Å². The molecule has 0 spiro atoms. The van der Waals surface area contributed by atoms with Crippen LogP contribution in [-0.4, -0.2) is 23.4 Å². The van der Waals surface area contributed by atoms with Crippen LogP contribution in [0.5, 0.6) is 0 Å². The fraction of sp³-hybridized carbons (Fsp3) is 0.286. The minimum Gasteiger partial charge on any atom is -0.396 e. The van der Waals surface area contributed by atoms with Crippen molar-refractivity contribution in [3.05, 3.63) is 47.5 Å². The number of aliphatic hydroxyl groups is 2. The Kier molecular flexibility index (Phi) is 3.54. The first kappa shape index (κ1) is 11.1. The van der Waals surface area contributed by atoms with Gasteiger partial charge in [-0.05, 0) is 34.7 Å². The maximum Gasteiger partial charge on any atom is 0.0471 e. The van der Waals surface area contributed by atoms with Gasteiger partial charge >= 0.3 is 0 Å². The molecule has 0 heterocycles. The molecule has 0 aliphatic rings. The van der Waals surface area contributed by atoms with E-state index in [2.05, 4.69) is 12.1 Å². The van der Waals surface area contributed by atoms with Crippen LogP contribution in [0.1, 0.15) is 11.1 Å². The molecular weight excluding hydrogens is 200 g/mol. The van der Waals surface area contributed by atoms with Crippen LogP contribution in [0.2, 0.25) is 0 Å². The average molecular weight is 216 g/mol. The van der Waals surface area contributed by atoms with Crippen LogP contribution >= 0.6 is 0 Å². The van der Waals surface area contributed by atoms with Gasteiger partial charge in [-0.15, -0.1) is 0 Å². The van der Waals surface area contributed by atoms with Gasteiger partial charge in [0, 0.05) is 13.2 Å². The lowest BCUT2D eigenvalue weighted by atomic mass is 9.97. The first-order chi connectivity index (χ1) is 7.86. The van der Waals surface area contributed by atoms with Crippen LogP contribution in [0, 0.1) is 0 Å². The van der Waals surface area contributed by atoms with Crippen molar-refractivity contribution in [2.24, 2.45) is 0 Å². The van der Waals surface area contributed by atoms with Crippen molar-refractivity contribution in [1.29, 1.82) is 0 Å². The highest BCUT2D eigenvalue weighted by Gasteiger charge is 2.04. The molecule has 2 heteroatoms. The van der Waals surface area contributed by atoms with E-state index < -0.39 is 0 Å². The van der Waals surface area contributed by atoms with Gasteiger partial charge in [0.05, 0.1) is 0 Å². The molecule has 0 aliphatic carbocycles. The molecule has 84 valence electrons. The first-order valence-corrected chi connectivity index (χ1v) is 5.58. The topological polar surface area (TPSA) is 40.5 Å². The molecule has 2 aromatic carbocycles. The molecule has 0 unspecified atom stereocenters. The molecule has 0 saturated carbocycles. The van der Waals surface area contributed by atoms with Crippen molar-refractivity contribution >= 4 is 10.8 Å². The third-order valence-electron chi connectivity index (χ3n) is 2.87. The highest BCUT2D eigenvalue weighted by Crippen LogP contribution is 2.23. The van der Waals surface area contributed by atoms with E-state index in [1.54, 1.807) is 0 Å². The monoisotopic (exact) mass is 216 g/mol. The average Bonchev–Trinajstić information content (AvgIpc) is 2.33. The Balaban J connectivity index is 2.57. The maximum atomic E-state index is 9.01. The summed E-state index contributed by atoms with van der Waals surface area (Å²) in [4.78, 5) is 0. The van der Waals surface area contributed by atoms with Gasteiger partial charge in [0.15, 0.2) is 0 Å². The van der Waals surface area contributed by atoms with Crippen LogP contribution < -0.4 is 0 Å². The van der Waals surface area contributed by atoms with E-state index in [9.17, 15) is 0 Å². The van der Waals surface area contributed by atoms with Crippen molar-refractivity contribution in [2.75, 3.05) is 13.2 Å². The lowest BCUT2D eigenvalue weighted by molar-refractivity contribution is 0.299. The molecule has 0 atom stereocenters. The number of benzene rings is 2. The zero-order chi connectivity index (χ0) is 11.4. The summed E-state index contributed by atoms with van der Waals surface area (Å²) in [5.74, 6) is 0. The van der Waals surface area contributed by atoms with E-state index in [1.165, 1.54) is 21.9 Å². The molecule has 0 radical (unpaired) electrons. The Morgan fingerprint density at radius 2 is 1.12 bits per heavy atom. The number of hydrogen-bond donors (Lipinski definition) is 2. The maximum absolute atomic E-state index is 9.01. The van der Waals surface area contributed by atoms with Crippen molar-refractivity contribution < 1.29 is 10.2 Å². The third-order valence-corrected chi connectivity index (χ3v) is 2.87. The van der Waals surface area contributed by atoms with Gasteiger partial charge in [0.25, 0.3) is 0 Å². The summed E-state index contributed by atoms with van der Waals surface area (Å²) in [6.07, 6.45) is 1.36. The van der Waals surface area contributed by atoms with Gasteiger partial charge in [0.2, 0.25) is 0 Å². The SMILES string of the molecule is OCCc1ccc(CCO)c2ccccc12. The fourth-order valence-electron chi connectivity index (χ4n) is 2.10. The lowest BCUT2D eigenvalue weighted by Gasteiger charge is -2.09. The molecule has 16 heavy (non-hydrogen) atoms. The zero-order valence-corrected chi connectivity index (χ0v) is 9.19. The Morgan fingerprint density at radius 3 is 1.50 bits per heavy atom. The van der Waals surface area contributed by atoms with Crippen molar-refractivity contribution in [2.45, 2.75) is 12.8 Å². The molecule has 2 rings (SSSR count). The molecule has 2 aromatic rings. The van der Waals surface area contributed by atoms with E-state index in [0.29, 0.717) is 12.8 Å². The predicted octanol–water partition coefficient (Wildman–Crippen LogP) is 1.91. The standard InChI is InChI=1S/C14H16O2/c15-9-7-11-5-6-12(8-10-16)14-4-2-1-3-13(11)14/h1-6,15-16H,7-10H2. The molecule has 0 amide bonds. The van der Waals surface area contributed by atoms with E-state index in [4.69, 9.17) is 10.2 Å². The normalized spacial score (nSPS) is 10.9. The summed E-state index contributed by atoms with van der Waals surface area (Å²) in [5.41, 5.74) is 2.33. The Labute approximate surface area is 95.2 Å². The van der Waals surface area contributed by atoms with Gasteiger partial charge in [-0.1, -0.05) is 36.4 Å². The van der Waals surface area contributed by atoms with E-state index >= 15 is 0 Å². The third kappa shape index (κ3) is 2.08. The highest BCUT2D eigenvalue weighted by atomic mass is 16.3. The summed E-state index contributed by atoms with van der Waals surface area (Å²) in [5, 5.41) is 20.4. The van der Waals surface area contributed by atoms with Crippen LogP contribution in [0.25, 0.3) is 10.8 Å². The first-order valence-electron chi connectivity index (χ1n) is 5.58. The van der Waals surface area contributed by atoms with Crippen molar-refractivity contribution in [1.82, 2.24) is 0 Å². The minimum atomic E-state index is 0.170. The van der Waals surface area contributed by atoms with Crippen LogP contribution in [0.15, 0.2) is 36.4 Å². The number of fused-ring (bicyclic) bond motifs is 1. The summed E-state index contributed by atoms with van der Waals surface area (Å²) in [6.45, 7) is 0.340. The Morgan fingerprint density at radius 1 is 0.688 bits per heavy atom. The molecule has 0 aliphatic heterocycles. The summed E-state index contributed by atoms with van der Waals surface area (Å²) < 4.78 is 0. The van der Waals surface area contributed by atoms with E-state index in [1.807, 2.05) is 24.3 Å². The molecule has 0 saturated heterocycles. The zero-order valence-electron chi connectivity index (χ0n) is 9.19. The van der Waals surface area contributed by atoms with Crippen LogP contribution in [-0.2, 0) is 12.8 Å². The van der Waals surface area contributed by atoms with Gasteiger partial charge < -0.3 is 10.2 Å². The summed E-state index contributed by atoms with van der Waals surface area (Å²) >= 11 is 0. The number of aliphatic hydroxyl groups excluding tert-OH is 2. The smallest absolute Gasteiger partial charge is 0.0471 e. The molecular formula is C14H16O2. The number of hydrogen-bond acceptors (Lipinski definition) is 2. The molecule has 2 N–H and O–H groups in total. The molecule has 0 bridgehead atoms. The molecule has 2 nitrogen and oxygen atoms in total. The van der Waals surface area contributed by atoms with Crippen LogP contribution in [0.3, 0.4) is 0 Å². The predicted molar refractivity (Wildman–Crippen MR) is 65.5 cm³/mol. The van der Waals surface area contributed by atoms with Crippen molar-refractivity contribution in [3.63, 3.8) is 0 Å². The van der Waals surface area contributed by atoms with Gasteiger partial charge in [-0.2, -0.15) is 0 Å². The fourth-order valence-corrected chi connectivity index (χ4v) is 2.10. The second kappa shape index (κ2) is 5.10. The van der Waals surface area contributed by atoms with Gasteiger partial charge in [-0.25, -0.2) is 0 Å². The van der Waals surface area contributed by atoms with Crippen molar-refractivity contribution in [3.8, 4) is 0 Å². The van der Waals surface area contributed by atoms with Gasteiger partial charge in [0.1, 0.15) is 0 Å². The van der Waals surface area contributed by atoms with Crippen LogP contribution in [0.4, 0.5) is 0 Å². The lowest BCUT2D eigenvalue weighted by Crippen LogP contribution is -1.96. The second-order valence-electron chi connectivity index (χ2n) is 3.88. The number of rotatable bonds is 4. The summed E-state index contributed by atoms with van der Waals surface area (Å²) in [6, 6.07) is 12.2. The van der Waals surface area contributed by atoms with E-state index in [0.717, 1.165) is 0 Å². The Hall–Kier alpha value is -1.38. The minimum absolute atomic E-state index is 0.170. The highest BCUT2D eigenvalue weighted by molar-refractivity contribution is 5.88. The largest absolute Gasteiger partial charge is 0.396 e. The molecule has 0 aromatic heterocycles. The summed E-state index contributed by atoms with van der Waals surface area (Å²) in [7, 11) is 0.